The van der Waals surface area contributed by atoms with Gasteiger partial charge in [0.05, 0.1) is 5.75 Å². The number of anilines is 1. The second-order valence-corrected chi connectivity index (χ2v) is 7.66. The predicted octanol–water partition coefficient (Wildman–Crippen LogP) is 2.89. The molecule has 4 nitrogen and oxygen atoms in total. The van der Waals surface area contributed by atoms with Crippen LogP contribution in [0, 0.1) is 6.92 Å². The van der Waals surface area contributed by atoms with E-state index in [1.54, 1.807) is 6.07 Å². The third-order valence-electron chi connectivity index (χ3n) is 2.46. The Hall–Kier alpha value is -0.590. The Morgan fingerprint density at radius 2 is 1.95 bits per heavy atom. The van der Waals surface area contributed by atoms with Crippen molar-refractivity contribution in [3.05, 3.63) is 28.2 Å². The van der Waals surface area contributed by atoms with Gasteiger partial charge in [0.25, 0.3) is 0 Å². The normalized spacial score (nSPS) is 11.8. The molecule has 1 aromatic rings. The minimum atomic E-state index is -3.28. The van der Waals surface area contributed by atoms with E-state index in [-0.39, 0.29) is 5.75 Å². The van der Waals surface area contributed by atoms with E-state index >= 15 is 0 Å². The summed E-state index contributed by atoms with van der Waals surface area (Å²) in [5.74, 6) is 0.123. The van der Waals surface area contributed by atoms with Gasteiger partial charge in [-0.25, -0.2) is 8.42 Å². The summed E-state index contributed by atoms with van der Waals surface area (Å²) >= 11 is 3.36. The zero-order valence-electron chi connectivity index (χ0n) is 11.5. The van der Waals surface area contributed by atoms with Crippen LogP contribution in [-0.2, 0) is 10.0 Å². The zero-order chi connectivity index (χ0) is 14.5. The Morgan fingerprint density at radius 1 is 1.26 bits per heavy atom. The van der Waals surface area contributed by atoms with Crippen molar-refractivity contribution >= 4 is 31.6 Å². The molecule has 108 valence electrons. The molecule has 0 aliphatic rings. The molecule has 0 spiro atoms. The van der Waals surface area contributed by atoms with Gasteiger partial charge >= 0.3 is 0 Å². The van der Waals surface area contributed by atoms with Crippen molar-refractivity contribution in [2.45, 2.75) is 33.2 Å². The maximum atomic E-state index is 11.9. The standard InChI is InChI=1S/C13H21BrN2O2S/c1-10(2)15-5-4-6-19(17,18)16-13-8-11(3)7-12(14)9-13/h7-10,15-16H,4-6H2,1-3H3. The monoisotopic (exact) mass is 348 g/mol. The van der Waals surface area contributed by atoms with Gasteiger partial charge in [-0.2, -0.15) is 0 Å². The molecule has 0 aliphatic carbocycles. The van der Waals surface area contributed by atoms with Crippen molar-refractivity contribution in [3.8, 4) is 0 Å². The lowest BCUT2D eigenvalue weighted by molar-refractivity contribution is 0.571. The molecule has 0 amide bonds. The number of nitrogens with one attached hydrogen (secondary N) is 2. The third kappa shape index (κ3) is 6.94. The molecule has 0 saturated carbocycles. The topological polar surface area (TPSA) is 58.2 Å². The van der Waals surface area contributed by atoms with E-state index in [2.05, 4.69) is 26.0 Å². The molecule has 1 rings (SSSR count). The second-order valence-electron chi connectivity index (χ2n) is 4.90. The first-order valence-electron chi connectivity index (χ1n) is 6.29. The lowest BCUT2D eigenvalue weighted by Gasteiger charge is -2.11. The van der Waals surface area contributed by atoms with Crippen LogP contribution in [0.15, 0.2) is 22.7 Å². The van der Waals surface area contributed by atoms with Crippen molar-refractivity contribution in [1.82, 2.24) is 5.32 Å². The highest BCUT2D eigenvalue weighted by Gasteiger charge is 2.10. The van der Waals surface area contributed by atoms with Gasteiger partial charge in [-0.15, -0.1) is 0 Å². The quantitative estimate of drug-likeness (QED) is 0.745. The lowest BCUT2D eigenvalue weighted by atomic mass is 10.2. The zero-order valence-corrected chi connectivity index (χ0v) is 13.9. The molecule has 0 heterocycles. The summed E-state index contributed by atoms with van der Waals surface area (Å²) in [6.45, 7) is 6.71. The van der Waals surface area contributed by atoms with Gasteiger partial charge in [0, 0.05) is 16.2 Å². The predicted molar refractivity (Wildman–Crippen MR) is 84.0 cm³/mol. The van der Waals surface area contributed by atoms with Gasteiger partial charge in [0.15, 0.2) is 0 Å². The van der Waals surface area contributed by atoms with Crippen molar-refractivity contribution in [1.29, 1.82) is 0 Å². The van der Waals surface area contributed by atoms with Crippen LogP contribution in [0.5, 0.6) is 0 Å². The summed E-state index contributed by atoms with van der Waals surface area (Å²) in [7, 11) is -3.28. The molecule has 0 bridgehead atoms. The van der Waals surface area contributed by atoms with E-state index in [9.17, 15) is 8.42 Å². The molecule has 6 heteroatoms. The van der Waals surface area contributed by atoms with Crippen LogP contribution in [-0.4, -0.2) is 26.8 Å². The Kier molecular flexibility index (Phi) is 6.29. The molecule has 0 fully saturated rings. The highest BCUT2D eigenvalue weighted by atomic mass is 79.9. The molecule has 0 aliphatic heterocycles. The van der Waals surface area contributed by atoms with Crippen molar-refractivity contribution < 1.29 is 8.42 Å². The number of hydrogen-bond donors (Lipinski definition) is 2. The first-order valence-corrected chi connectivity index (χ1v) is 8.74. The highest BCUT2D eigenvalue weighted by molar-refractivity contribution is 9.10. The van der Waals surface area contributed by atoms with Crippen LogP contribution >= 0.6 is 15.9 Å². The number of sulfonamides is 1. The van der Waals surface area contributed by atoms with Gasteiger partial charge in [0.2, 0.25) is 10.0 Å². The molecule has 0 unspecified atom stereocenters. The maximum Gasteiger partial charge on any atom is 0.232 e. The smallest absolute Gasteiger partial charge is 0.232 e. The van der Waals surface area contributed by atoms with Gasteiger partial charge in [-0.1, -0.05) is 29.8 Å². The molecule has 0 radical (unpaired) electrons. The van der Waals surface area contributed by atoms with E-state index in [1.807, 2.05) is 32.9 Å². The van der Waals surface area contributed by atoms with Gasteiger partial charge in [-0.3, -0.25) is 4.72 Å². The molecule has 0 saturated heterocycles. The number of benzene rings is 1. The minimum Gasteiger partial charge on any atom is -0.314 e. The van der Waals surface area contributed by atoms with Gasteiger partial charge in [0.1, 0.15) is 0 Å². The SMILES string of the molecule is Cc1cc(Br)cc(NS(=O)(=O)CCCNC(C)C)c1. The van der Waals surface area contributed by atoms with E-state index in [0.29, 0.717) is 24.7 Å². The third-order valence-corrected chi connectivity index (χ3v) is 4.29. The number of hydrogen-bond acceptors (Lipinski definition) is 3. The molecule has 0 aromatic heterocycles. The molecule has 2 N–H and O–H groups in total. The average molecular weight is 349 g/mol. The number of rotatable bonds is 7. The Balaban J connectivity index is 2.54. The Bertz CT molecular complexity index is 495. The van der Waals surface area contributed by atoms with Crippen LogP contribution in [0.4, 0.5) is 5.69 Å². The first kappa shape index (κ1) is 16.5. The fourth-order valence-corrected chi connectivity index (χ4v) is 3.39. The molecule has 19 heavy (non-hydrogen) atoms. The summed E-state index contributed by atoms with van der Waals surface area (Å²) in [5, 5.41) is 3.20. The van der Waals surface area contributed by atoms with E-state index in [4.69, 9.17) is 0 Å². The maximum absolute atomic E-state index is 11.9. The molecule has 0 atom stereocenters. The number of aryl methyl sites for hydroxylation is 1. The summed E-state index contributed by atoms with van der Waals surface area (Å²) < 4.78 is 27.3. The van der Waals surface area contributed by atoms with Crippen molar-refractivity contribution in [2.75, 3.05) is 17.0 Å². The van der Waals surface area contributed by atoms with Gasteiger partial charge in [-0.05, 0) is 43.7 Å². The Morgan fingerprint density at radius 3 is 2.53 bits per heavy atom. The van der Waals surface area contributed by atoms with Crippen LogP contribution in [0.3, 0.4) is 0 Å². The minimum absolute atomic E-state index is 0.123. The van der Waals surface area contributed by atoms with Gasteiger partial charge < -0.3 is 5.32 Å². The van der Waals surface area contributed by atoms with Crippen LogP contribution in [0.25, 0.3) is 0 Å². The van der Waals surface area contributed by atoms with E-state index < -0.39 is 10.0 Å². The second kappa shape index (κ2) is 7.26. The largest absolute Gasteiger partial charge is 0.314 e. The van der Waals surface area contributed by atoms with Crippen molar-refractivity contribution in [2.24, 2.45) is 0 Å². The highest BCUT2D eigenvalue weighted by Crippen LogP contribution is 2.20. The van der Waals surface area contributed by atoms with E-state index in [1.165, 1.54) is 0 Å². The number of halogens is 1. The van der Waals surface area contributed by atoms with Crippen LogP contribution in [0.1, 0.15) is 25.8 Å². The Labute approximate surface area is 124 Å². The van der Waals surface area contributed by atoms with Crippen LogP contribution < -0.4 is 10.0 Å². The summed E-state index contributed by atoms with van der Waals surface area (Å²) in [4.78, 5) is 0. The molecular weight excluding hydrogens is 328 g/mol. The fraction of sp³-hybridized carbons (Fsp3) is 0.538. The molecule has 1 aromatic carbocycles. The van der Waals surface area contributed by atoms with E-state index in [0.717, 1.165) is 10.0 Å². The summed E-state index contributed by atoms with van der Waals surface area (Å²) in [5.41, 5.74) is 1.61. The fourth-order valence-electron chi connectivity index (χ4n) is 1.68. The molecular formula is C13H21BrN2O2S. The average Bonchev–Trinajstić information content (AvgIpc) is 2.22. The summed E-state index contributed by atoms with van der Waals surface area (Å²) in [6, 6.07) is 5.89. The lowest BCUT2D eigenvalue weighted by Crippen LogP contribution is -2.26. The van der Waals surface area contributed by atoms with Crippen LogP contribution in [0.2, 0.25) is 0 Å². The summed E-state index contributed by atoms with van der Waals surface area (Å²) in [6.07, 6.45) is 0.598. The first-order chi connectivity index (χ1) is 8.78. The van der Waals surface area contributed by atoms with Crippen molar-refractivity contribution in [3.63, 3.8) is 0 Å².